The molecule has 20 heavy (non-hydrogen) atoms. The lowest BCUT2D eigenvalue weighted by Gasteiger charge is -2.38. The molecule has 1 aromatic rings. The number of hydrogen-bond acceptors (Lipinski definition) is 4. The molecule has 1 N–H and O–H groups in total. The molecule has 4 heteroatoms. The highest BCUT2D eigenvalue weighted by Gasteiger charge is 2.31. The maximum atomic E-state index is 4.77. The summed E-state index contributed by atoms with van der Waals surface area (Å²) in [5, 5.41) is 4.90. The molecule has 0 bridgehead atoms. The molecular formula is C16H27N3S. The van der Waals surface area contributed by atoms with Crippen LogP contribution in [0.2, 0.25) is 0 Å². The van der Waals surface area contributed by atoms with Crippen molar-refractivity contribution in [1.82, 2.24) is 15.2 Å². The van der Waals surface area contributed by atoms with Crippen LogP contribution in [0, 0.1) is 19.8 Å². The first-order valence-electron chi connectivity index (χ1n) is 8.06. The van der Waals surface area contributed by atoms with E-state index >= 15 is 0 Å². The van der Waals surface area contributed by atoms with E-state index in [0.717, 1.165) is 12.0 Å². The highest BCUT2D eigenvalue weighted by molar-refractivity contribution is 7.11. The molecule has 0 aromatic carbocycles. The average Bonchev–Trinajstić information content (AvgIpc) is 3.08. The number of nitrogens with one attached hydrogen (secondary N) is 1. The Labute approximate surface area is 126 Å². The number of piperidine rings is 1. The zero-order valence-corrected chi connectivity index (χ0v) is 13.8. The minimum absolute atomic E-state index is 0.476. The number of rotatable bonds is 3. The van der Waals surface area contributed by atoms with Crippen LogP contribution in [0.4, 0.5) is 0 Å². The standard InChI is InChI=1S/C16H27N3S/c1-11(16-12(2)20-13(3)18-16)19-9-5-6-14(10-19)15-7-4-8-17-15/h11,14-15,17H,4-10H2,1-3H3. The van der Waals surface area contributed by atoms with E-state index in [1.54, 1.807) is 0 Å². The van der Waals surface area contributed by atoms with Gasteiger partial charge in [0.15, 0.2) is 0 Å². The number of hydrogen-bond donors (Lipinski definition) is 1. The van der Waals surface area contributed by atoms with Crippen molar-refractivity contribution < 1.29 is 0 Å². The second-order valence-electron chi connectivity index (χ2n) is 6.45. The van der Waals surface area contributed by atoms with Crippen molar-refractivity contribution in [2.45, 2.75) is 58.5 Å². The molecule has 3 atom stereocenters. The van der Waals surface area contributed by atoms with Gasteiger partial charge < -0.3 is 5.32 Å². The Bertz CT molecular complexity index is 451. The van der Waals surface area contributed by atoms with Crippen LogP contribution in [-0.4, -0.2) is 35.6 Å². The Morgan fingerprint density at radius 3 is 2.80 bits per heavy atom. The van der Waals surface area contributed by atoms with Gasteiger partial charge in [-0.15, -0.1) is 11.3 Å². The van der Waals surface area contributed by atoms with Crippen molar-refractivity contribution in [3.63, 3.8) is 0 Å². The van der Waals surface area contributed by atoms with E-state index < -0.39 is 0 Å². The van der Waals surface area contributed by atoms with Gasteiger partial charge in [-0.1, -0.05) is 0 Å². The monoisotopic (exact) mass is 293 g/mol. The molecule has 3 nitrogen and oxygen atoms in total. The molecule has 2 aliphatic rings. The molecule has 3 heterocycles. The van der Waals surface area contributed by atoms with Gasteiger partial charge in [0.05, 0.1) is 16.7 Å². The van der Waals surface area contributed by atoms with E-state index in [2.05, 4.69) is 31.0 Å². The third-order valence-corrected chi connectivity index (χ3v) is 5.94. The third kappa shape index (κ3) is 2.92. The number of aryl methyl sites for hydroxylation is 2. The van der Waals surface area contributed by atoms with Crippen LogP contribution >= 0.6 is 11.3 Å². The Morgan fingerprint density at radius 2 is 2.15 bits per heavy atom. The summed E-state index contributed by atoms with van der Waals surface area (Å²) in [4.78, 5) is 8.83. The number of likely N-dealkylation sites (tertiary alicyclic amines) is 1. The predicted octanol–water partition coefficient (Wildman–Crippen LogP) is 3.28. The molecular weight excluding hydrogens is 266 g/mol. The van der Waals surface area contributed by atoms with E-state index in [4.69, 9.17) is 4.98 Å². The molecule has 0 saturated carbocycles. The first-order valence-corrected chi connectivity index (χ1v) is 8.88. The molecule has 2 saturated heterocycles. The zero-order chi connectivity index (χ0) is 14.1. The van der Waals surface area contributed by atoms with Gasteiger partial charge in [0.25, 0.3) is 0 Å². The summed E-state index contributed by atoms with van der Waals surface area (Å²) in [6, 6.07) is 1.24. The summed E-state index contributed by atoms with van der Waals surface area (Å²) < 4.78 is 0. The van der Waals surface area contributed by atoms with E-state index in [1.165, 1.54) is 60.9 Å². The zero-order valence-electron chi connectivity index (χ0n) is 13.0. The Balaban J connectivity index is 1.68. The topological polar surface area (TPSA) is 28.2 Å². The van der Waals surface area contributed by atoms with Gasteiger partial charge in [-0.2, -0.15) is 0 Å². The summed E-state index contributed by atoms with van der Waals surface area (Å²) in [5.41, 5.74) is 1.31. The normalized spacial score (nSPS) is 29.8. The summed E-state index contributed by atoms with van der Waals surface area (Å²) in [6.45, 7) is 10.4. The first-order chi connectivity index (χ1) is 9.65. The summed E-state index contributed by atoms with van der Waals surface area (Å²) in [6.07, 6.45) is 5.48. The van der Waals surface area contributed by atoms with Gasteiger partial charge in [-0.3, -0.25) is 4.90 Å². The molecule has 3 rings (SSSR count). The van der Waals surface area contributed by atoms with Crippen molar-refractivity contribution in [3.8, 4) is 0 Å². The van der Waals surface area contributed by atoms with Crippen molar-refractivity contribution in [2.24, 2.45) is 5.92 Å². The van der Waals surface area contributed by atoms with Crippen LogP contribution < -0.4 is 5.32 Å². The molecule has 0 spiro atoms. The van der Waals surface area contributed by atoms with Crippen molar-refractivity contribution in [1.29, 1.82) is 0 Å². The number of nitrogens with zero attached hydrogens (tertiary/aromatic N) is 2. The largest absolute Gasteiger partial charge is 0.314 e. The summed E-state index contributed by atoms with van der Waals surface area (Å²) in [7, 11) is 0. The van der Waals surface area contributed by atoms with Crippen LogP contribution in [-0.2, 0) is 0 Å². The molecule has 0 amide bonds. The second-order valence-corrected chi connectivity index (χ2v) is 7.86. The molecule has 0 aliphatic carbocycles. The van der Waals surface area contributed by atoms with Crippen molar-refractivity contribution >= 4 is 11.3 Å². The smallest absolute Gasteiger partial charge is 0.0900 e. The fourth-order valence-electron chi connectivity index (χ4n) is 3.94. The van der Waals surface area contributed by atoms with Crippen molar-refractivity contribution in [2.75, 3.05) is 19.6 Å². The minimum atomic E-state index is 0.476. The Morgan fingerprint density at radius 1 is 1.30 bits per heavy atom. The number of aromatic nitrogens is 1. The fraction of sp³-hybridized carbons (Fsp3) is 0.812. The number of thiazole rings is 1. The van der Waals surface area contributed by atoms with Crippen LogP contribution in [0.3, 0.4) is 0 Å². The molecule has 1 aromatic heterocycles. The first kappa shape index (κ1) is 14.5. The maximum absolute atomic E-state index is 4.77. The highest BCUT2D eigenvalue weighted by atomic mass is 32.1. The van der Waals surface area contributed by atoms with Gasteiger partial charge in [0, 0.05) is 17.5 Å². The molecule has 2 fully saturated rings. The van der Waals surface area contributed by atoms with Gasteiger partial charge >= 0.3 is 0 Å². The van der Waals surface area contributed by atoms with Gasteiger partial charge in [0.1, 0.15) is 0 Å². The van der Waals surface area contributed by atoms with E-state index in [9.17, 15) is 0 Å². The summed E-state index contributed by atoms with van der Waals surface area (Å²) in [5.74, 6) is 0.841. The Kier molecular flexibility index (Phi) is 4.43. The average molecular weight is 293 g/mol. The summed E-state index contributed by atoms with van der Waals surface area (Å²) >= 11 is 1.84. The van der Waals surface area contributed by atoms with Crippen LogP contribution in [0.25, 0.3) is 0 Å². The maximum Gasteiger partial charge on any atom is 0.0900 e. The van der Waals surface area contributed by atoms with E-state index in [1.807, 2.05) is 11.3 Å². The van der Waals surface area contributed by atoms with Gasteiger partial charge in [-0.05, 0) is 65.5 Å². The van der Waals surface area contributed by atoms with Crippen LogP contribution in [0.15, 0.2) is 0 Å². The lowest BCUT2D eigenvalue weighted by Crippen LogP contribution is -2.44. The van der Waals surface area contributed by atoms with Crippen molar-refractivity contribution in [3.05, 3.63) is 15.6 Å². The van der Waals surface area contributed by atoms with Crippen LogP contribution in [0.5, 0.6) is 0 Å². The fourth-order valence-corrected chi connectivity index (χ4v) is 4.85. The highest BCUT2D eigenvalue weighted by Crippen LogP contribution is 2.32. The molecule has 3 unspecified atom stereocenters. The van der Waals surface area contributed by atoms with Gasteiger partial charge in [0.2, 0.25) is 0 Å². The van der Waals surface area contributed by atoms with E-state index in [0.29, 0.717) is 6.04 Å². The van der Waals surface area contributed by atoms with E-state index in [-0.39, 0.29) is 0 Å². The Hall–Kier alpha value is -0.450. The lowest BCUT2D eigenvalue weighted by molar-refractivity contribution is 0.113. The minimum Gasteiger partial charge on any atom is -0.314 e. The lowest BCUT2D eigenvalue weighted by atomic mass is 9.89. The molecule has 0 radical (unpaired) electrons. The SMILES string of the molecule is Cc1nc(C(C)N2CCCC(C3CCCN3)C2)c(C)s1. The molecule has 2 aliphatic heterocycles. The molecule has 112 valence electrons. The quantitative estimate of drug-likeness (QED) is 0.927. The third-order valence-electron chi connectivity index (χ3n) is 5.04. The predicted molar refractivity (Wildman–Crippen MR) is 85.3 cm³/mol. The van der Waals surface area contributed by atoms with Gasteiger partial charge in [-0.25, -0.2) is 4.98 Å². The second kappa shape index (κ2) is 6.12. The van der Waals surface area contributed by atoms with Crippen LogP contribution in [0.1, 0.15) is 54.2 Å².